The summed E-state index contributed by atoms with van der Waals surface area (Å²) in [6.07, 6.45) is 2.79. The van der Waals surface area contributed by atoms with Gasteiger partial charge in [0.1, 0.15) is 0 Å². The van der Waals surface area contributed by atoms with Crippen LogP contribution in [-0.2, 0) is 11.2 Å². The van der Waals surface area contributed by atoms with E-state index in [0.717, 1.165) is 25.2 Å². The number of rotatable bonds is 6. The average molecular weight is 208 g/mol. The number of nitrogens with zero attached hydrogens (tertiary/aromatic N) is 1. The predicted octanol–water partition coefficient (Wildman–Crippen LogP) is 1.64. The second kappa shape index (κ2) is 5.83. The molecule has 0 aliphatic carbocycles. The van der Waals surface area contributed by atoms with E-state index in [0.29, 0.717) is 0 Å². The van der Waals surface area contributed by atoms with Gasteiger partial charge in [-0.2, -0.15) is 0 Å². The molecule has 15 heavy (non-hydrogen) atoms. The highest BCUT2D eigenvalue weighted by Crippen LogP contribution is 2.04. The fourth-order valence-electron chi connectivity index (χ4n) is 1.22. The van der Waals surface area contributed by atoms with Crippen LogP contribution >= 0.6 is 0 Å². The van der Waals surface area contributed by atoms with E-state index in [1.165, 1.54) is 0 Å². The first-order chi connectivity index (χ1) is 7.14. The number of nitrogens with one attached hydrogen (secondary N) is 1. The zero-order valence-electron chi connectivity index (χ0n) is 9.79. The van der Waals surface area contributed by atoms with Crippen LogP contribution in [0.3, 0.4) is 0 Å². The minimum atomic E-state index is -0.0931. The minimum absolute atomic E-state index is 0.0931. The third-order valence-corrected chi connectivity index (χ3v) is 2.39. The van der Waals surface area contributed by atoms with Crippen LogP contribution in [0.2, 0.25) is 0 Å². The monoisotopic (exact) mass is 208 g/mol. The van der Waals surface area contributed by atoms with Crippen molar-refractivity contribution < 1.29 is 4.74 Å². The molecule has 1 N–H and O–H groups in total. The zero-order valence-corrected chi connectivity index (χ0v) is 9.79. The minimum Gasteiger partial charge on any atom is -0.377 e. The molecule has 1 aromatic heterocycles. The summed E-state index contributed by atoms with van der Waals surface area (Å²) in [6.45, 7) is 5.93. The maximum absolute atomic E-state index is 5.31. The topological polar surface area (TPSA) is 34.1 Å². The van der Waals surface area contributed by atoms with Crippen LogP contribution in [0.1, 0.15) is 19.5 Å². The van der Waals surface area contributed by atoms with E-state index in [-0.39, 0.29) is 5.60 Å². The summed E-state index contributed by atoms with van der Waals surface area (Å²) in [5.74, 6) is 0. The molecule has 0 amide bonds. The molecule has 0 radical (unpaired) electrons. The molecular formula is C12H20N2O. The molecule has 0 saturated carbocycles. The fourth-order valence-corrected chi connectivity index (χ4v) is 1.22. The van der Waals surface area contributed by atoms with Gasteiger partial charge in [-0.1, -0.05) is 6.07 Å². The van der Waals surface area contributed by atoms with E-state index in [1.54, 1.807) is 7.11 Å². The molecule has 1 heterocycles. The van der Waals surface area contributed by atoms with Crippen LogP contribution in [0.15, 0.2) is 24.4 Å². The van der Waals surface area contributed by atoms with Gasteiger partial charge in [-0.25, -0.2) is 0 Å². The molecule has 3 nitrogen and oxygen atoms in total. The summed E-state index contributed by atoms with van der Waals surface area (Å²) in [5, 5.41) is 3.36. The first-order valence-corrected chi connectivity index (χ1v) is 5.30. The number of methoxy groups -OCH3 is 1. The molecule has 1 rings (SSSR count). The van der Waals surface area contributed by atoms with Crippen LogP contribution < -0.4 is 5.32 Å². The fraction of sp³-hybridized carbons (Fsp3) is 0.583. The van der Waals surface area contributed by atoms with Crippen molar-refractivity contribution in [3.63, 3.8) is 0 Å². The third-order valence-electron chi connectivity index (χ3n) is 2.39. The molecule has 0 unspecified atom stereocenters. The summed E-state index contributed by atoms with van der Waals surface area (Å²) >= 11 is 0. The van der Waals surface area contributed by atoms with E-state index in [1.807, 2.05) is 24.4 Å². The molecule has 0 fully saturated rings. The van der Waals surface area contributed by atoms with Gasteiger partial charge in [-0.15, -0.1) is 0 Å². The predicted molar refractivity (Wildman–Crippen MR) is 61.9 cm³/mol. The highest BCUT2D eigenvalue weighted by Gasteiger charge is 2.14. The summed E-state index contributed by atoms with van der Waals surface area (Å²) in [7, 11) is 1.74. The molecule has 3 heteroatoms. The molecule has 0 aliphatic heterocycles. The second-order valence-electron chi connectivity index (χ2n) is 4.21. The first-order valence-electron chi connectivity index (χ1n) is 5.30. The van der Waals surface area contributed by atoms with Gasteiger partial charge >= 0.3 is 0 Å². The Labute approximate surface area is 91.9 Å². The van der Waals surface area contributed by atoms with Crippen molar-refractivity contribution in [1.29, 1.82) is 0 Å². The van der Waals surface area contributed by atoms with Gasteiger partial charge in [0.15, 0.2) is 0 Å². The molecule has 0 aliphatic rings. The van der Waals surface area contributed by atoms with Crippen LogP contribution in [0.25, 0.3) is 0 Å². The highest BCUT2D eigenvalue weighted by molar-refractivity contribution is 5.03. The van der Waals surface area contributed by atoms with Crippen molar-refractivity contribution in [2.75, 3.05) is 20.2 Å². The van der Waals surface area contributed by atoms with Crippen LogP contribution in [0.4, 0.5) is 0 Å². The largest absolute Gasteiger partial charge is 0.377 e. The Kier molecular flexibility index (Phi) is 4.72. The molecule has 0 atom stereocenters. The molecule has 0 aromatic carbocycles. The molecule has 0 saturated heterocycles. The van der Waals surface area contributed by atoms with Crippen molar-refractivity contribution in [1.82, 2.24) is 10.3 Å². The standard InChI is InChI=1S/C12H20N2O/c1-12(2,15-3)10-13-9-7-11-6-4-5-8-14-11/h4-6,8,13H,7,9-10H2,1-3H3. The number of ether oxygens (including phenoxy) is 1. The Morgan fingerprint density at radius 2 is 2.20 bits per heavy atom. The molecule has 84 valence electrons. The van der Waals surface area contributed by atoms with Gasteiger partial charge in [0, 0.05) is 38.5 Å². The lowest BCUT2D eigenvalue weighted by atomic mass is 10.1. The van der Waals surface area contributed by atoms with Crippen molar-refractivity contribution in [3.05, 3.63) is 30.1 Å². The van der Waals surface area contributed by atoms with Crippen LogP contribution in [0.5, 0.6) is 0 Å². The number of aromatic nitrogens is 1. The Bertz CT molecular complexity index is 272. The summed E-state index contributed by atoms with van der Waals surface area (Å²) in [6, 6.07) is 6.00. The van der Waals surface area contributed by atoms with Gasteiger partial charge in [0.25, 0.3) is 0 Å². The Morgan fingerprint density at radius 3 is 2.80 bits per heavy atom. The highest BCUT2D eigenvalue weighted by atomic mass is 16.5. The molecular weight excluding hydrogens is 188 g/mol. The quantitative estimate of drug-likeness (QED) is 0.722. The number of pyridine rings is 1. The van der Waals surface area contributed by atoms with Gasteiger partial charge in [-0.3, -0.25) is 4.98 Å². The summed E-state index contributed by atoms with van der Waals surface area (Å²) in [5.41, 5.74) is 1.03. The smallest absolute Gasteiger partial charge is 0.0746 e. The SMILES string of the molecule is COC(C)(C)CNCCc1ccccn1. The molecule has 0 bridgehead atoms. The number of hydrogen-bond acceptors (Lipinski definition) is 3. The lowest BCUT2D eigenvalue weighted by molar-refractivity contribution is 0.0235. The van der Waals surface area contributed by atoms with E-state index < -0.39 is 0 Å². The molecule has 0 spiro atoms. The molecule has 1 aromatic rings. The Balaban J connectivity index is 2.18. The van der Waals surface area contributed by atoms with Gasteiger partial charge < -0.3 is 10.1 Å². The van der Waals surface area contributed by atoms with E-state index >= 15 is 0 Å². The van der Waals surface area contributed by atoms with Crippen LogP contribution in [-0.4, -0.2) is 30.8 Å². The first kappa shape index (κ1) is 12.1. The van der Waals surface area contributed by atoms with Gasteiger partial charge in [0.2, 0.25) is 0 Å². The summed E-state index contributed by atoms with van der Waals surface area (Å²) < 4.78 is 5.31. The Hall–Kier alpha value is -0.930. The lowest BCUT2D eigenvalue weighted by Crippen LogP contribution is -2.37. The van der Waals surface area contributed by atoms with E-state index in [9.17, 15) is 0 Å². The van der Waals surface area contributed by atoms with Gasteiger partial charge in [-0.05, 0) is 26.0 Å². The maximum Gasteiger partial charge on any atom is 0.0746 e. The normalized spacial score (nSPS) is 11.7. The lowest BCUT2D eigenvalue weighted by Gasteiger charge is -2.23. The second-order valence-corrected chi connectivity index (χ2v) is 4.21. The maximum atomic E-state index is 5.31. The average Bonchev–Trinajstić information content (AvgIpc) is 2.26. The van der Waals surface area contributed by atoms with Crippen molar-refractivity contribution in [3.8, 4) is 0 Å². The van der Waals surface area contributed by atoms with Crippen molar-refractivity contribution in [2.45, 2.75) is 25.9 Å². The zero-order chi connectivity index (χ0) is 11.1. The van der Waals surface area contributed by atoms with E-state index in [2.05, 4.69) is 24.1 Å². The van der Waals surface area contributed by atoms with Crippen molar-refractivity contribution in [2.24, 2.45) is 0 Å². The third kappa shape index (κ3) is 4.91. The Morgan fingerprint density at radius 1 is 1.40 bits per heavy atom. The summed E-state index contributed by atoms with van der Waals surface area (Å²) in [4.78, 5) is 4.26. The van der Waals surface area contributed by atoms with Crippen molar-refractivity contribution >= 4 is 0 Å². The van der Waals surface area contributed by atoms with E-state index in [4.69, 9.17) is 4.74 Å². The van der Waals surface area contributed by atoms with Crippen LogP contribution in [0, 0.1) is 0 Å². The van der Waals surface area contributed by atoms with Gasteiger partial charge in [0.05, 0.1) is 5.60 Å². The number of hydrogen-bond donors (Lipinski definition) is 1.